The molecule has 0 saturated carbocycles. The lowest BCUT2D eigenvalue weighted by Gasteiger charge is -2.16. The number of carbonyl (C=O) groups excluding carboxylic acids is 1. The number of hydrogen-bond acceptors (Lipinski definition) is 2. The van der Waals surface area contributed by atoms with E-state index in [4.69, 9.17) is 11.6 Å². The number of halogens is 2. The van der Waals surface area contributed by atoms with Gasteiger partial charge >= 0.3 is 0 Å². The van der Waals surface area contributed by atoms with Crippen LogP contribution in [0.2, 0.25) is 5.02 Å². The Bertz CT molecular complexity index is 642. The van der Waals surface area contributed by atoms with E-state index >= 15 is 0 Å². The van der Waals surface area contributed by atoms with E-state index in [-0.39, 0.29) is 11.8 Å². The molecule has 1 aliphatic heterocycles. The van der Waals surface area contributed by atoms with Gasteiger partial charge in [0.05, 0.1) is 11.9 Å². The number of pyridine rings is 1. The fourth-order valence-electron chi connectivity index (χ4n) is 2.62. The normalized spacial score (nSPS) is 18.3. The molecule has 0 spiro atoms. The van der Waals surface area contributed by atoms with E-state index < -0.39 is 0 Å². The molecule has 0 bridgehead atoms. The van der Waals surface area contributed by atoms with Crippen LogP contribution in [0.25, 0.3) is 0 Å². The number of carbonyl (C=O) groups is 1. The third-order valence-corrected chi connectivity index (χ3v) is 4.46. The lowest BCUT2D eigenvalue weighted by molar-refractivity contribution is -0.120. The van der Waals surface area contributed by atoms with Crippen LogP contribution >= 0.6 is 27.5 Å². The maximum absolute atomic E-state index is 12.5. The first kappa shape index (κ1) is 14.5. The molecule has 21 heavy (non-hydrogen) atoms. The number of anilines is 1. The van der Waals surface area contributed by atoms with Gasteiger partial charge in [0.1, 0.15) is 4.60 Å². The van der Waals surface area contributed by atoms with Crippen LogP contribution in [-0.4, -0.2) is 17.4 Å². The average Bonchev–Trinajstić information content (AvgIpc) is 2.84. The lowest BCUT2D eigenvalue weighted by atomic mass is 9.98. The molecular weight excluding hydrogens is 352 g/mol. The largest absolute Gasteiger partial charge is 0.311 e. The molecule has 3 rings (SSSR count). The highest BCUT2D eigenvalue weighted by Gasteiger charge is 2.32. The summed E-state index contributed by atoms with van der Waals surface area (Å²) >= 11 is 9.19. The van der Waals surface area contributed by atoms with E-state index in [0.29, 0.717) is 0 Å². The zero-order valence-electron chi connectivity index (χ0n) is 11.3. The summed E-state index contributed by atoms with van der Waals surface area (Å²) in [4.78, 5) is 18.5. The fourth-order valence-corrected chi connectivity index (χ4v) is 2.98. The van der Waals surface area contributed by atoms with Gasteiger partial charge in [-0.3, -0.25) is 4.79 Å². The molecule has 0 aliphatic carbocycles. The minimum Gasteiger partial charge on any atom is -0.311 e. The highest BCUT2D eigenvalue weighted by Crippen LogP contribution is 2.28. The minimum absolute atomic E-state index is 0.0369. The fraction of sp³-hybridized carbons (Fsp3) is 0.250. The van der Waals surface area contributed by atoms with Crippen molar-refractivity contribution in [2.24, 2.45) is 5.92 Å². The zero-order chi connectivity index (χ0) is 14.8. The predicted molar refractivity (Wildman–Crippen MR) is 87.6 cm³/mol. The molecule has 2 heterocycles. The van der Waals surface area contributed by atoms with Crippen LogP contribution in [0.3, 0.4) is 0 Å². The Morgan fingerprint density at radius 1 is 1.24 bits per heavy atom. The predicted octanol–water partition coefficient (Wildman–Crippen LogP) is 4.09. The van der Waals surface area contributed by atoms with Gasteiger partial charge in [-0.1, -0.05) is 23.7 Å². The number of hydrogen-bond donors (Lipinski definition) is 0. The second-order valence-corrected chi connectivity index (χ2v) is 6.39. The Kier molecular flexibility index (Phi) is 4.27. The van der Waals surface area contributed by atoms with Gasteiger partial charge in [0.25, 0.3) is 0 Å². The first-order valence-electron chi connectivity index (χ1n) is 6.81. The molecule has 0 N–H and O–H groups in total. The Morgan fingerprint density at radius 3 is 2.67 bits per heavy atom. The Hall–Kier alpha value is -1.39. The molecule has 1 aromatic heterocycles. The van der Waals surface area contributed by atoms with Crippen molar-refractivity contribution >= 4 is 39.1 Å². The summed E-state index contributed by atoms with van der Waals surface area (Å²) in [5, 5.41) is 0.721. The molecule has 3 nitrogen and oxygen atoms in total. The van der Waals surface area contributed by atoms with E-state index in [1.807, 2.05) is 41.3 Å². The molecule has 1 aromatic carbocycles. The van der Waals surface area contributed by atoms with E-state index in [1.54, 1.807) is 6.20 Å². The van der Waals surface area contributed by atoms with Crippen LogP contribution in [-0.2, 0) is 11.2 Å². The molecule has 0 radical (unpaired) electrons. The van der Waals surface area contributed by atoms with Crippen molar-refractivity contribution in [3.05, 3.63) is 57.8 Å². The smallest absolute Gasteiger partial charge is 0.230 e. The number of aromatic nitrogens is 1. The van der Waals surface area contributed by atoms with E-state index in [2.05, 4.69) is 20.9 Å². The van der Waals surface area contributed by atoms with E-state index in [9.17, 15) is 4.79 Å². The first-order valence-corrected chi connectivity index (χ1v) is 7.98. The third-order valence-electron chi connectivity index (χ3n) is 3.74. The summed E-state index contributed by atoms with van der Waals surface area (Å²) in [5.74, 6) is 0.212. The lowest BCUT2D eigenvalue weighted by Crippen LogP contribution is -2.27. The summed E-state index contributed by atoms with van der Waals surface area (Å²) in [7, 11) is 0. The second-order valence-electron chi connectivity index (χ2n) is 5.15. The average molecular weight is 366 g/mol. The molecule has 1 aliphatic rings. The maximum atomic E-state index is 12.5. The molecule has 1 fully saturated rings. The molecule has 1 amide bonds. The van der Waals surface area contributed by atoms with Crippen molar-refractivity contribution in [3.63, 3.8) is 0 Å². The quantitative estimate of drug-likeness (QED) is 0.768. The van der Waals surface area contributed by atoms with E-state index in [0.717, 1.165) is 40.3 Å². The van der Waals surface area contributed by atoms with Crippen molar-refractivity contribution in [1.29, 1.82) is 0 Å². The van der Waals surface area contributed by atoms with Crippen LogP contribution in [0.1, 0.15) is 12.0 Å². The summed E-state index contributed by atoms with van der Waals surface area (Å²) in [5.41, 5.74) is 2.01. The van der Waals surface area contributed by atoms with Crippen LogP contribution in [0.15, 0.2) is 47.2 Å². The summed E-state index contributed by atoms with van der Waals surface area (Å²) in [6, 6.07) is 11.5. The second kappa shape index (κ2) is 6.16. The highest BCUT2D eigenvalue weighted by atomic mass is 79.9. The molecule has 2 aromatic rings. The van der Waals surface area contributed by atoms with Gasteiger partial charge in [-0.2, -0.15) is 0 Å². The standard InChI is InChI=1S/C16H14BrClN2O/c17-15-6-5-14(10-19-15)20-8-7-12(16(20)21)9-11-1-3-13(18)4-2-11/h1-6,10,12H,7-9H2. The molecule has 1 atom stereocenters. The molecule has 5 heteroatoms. The van der Waals surface area contributed by atoms with Crippen LogP contribution in [0.4, 0.5) is 5.69 Å². The van der Waals surface area contributed by atoms with Crippen LogP contribution < -0.4 is 4.90 Å². The summed E-state index contributed by atoms with van der Waals surface area (Å²) < 4.78 is 0.774. The topological polar surface area (TPSA) is 33.2 Å². The van der Waals surface area contributed by atoms with Gasteiger partial charge in [-0.15, -0.1) is 0 Å². The molecule has 1 saturated heterocycles. The monoisotopic (exact) mass is 364 g/mol. The summed E-state index contributed by atoms with van der Waals surface area (Å²) in [6.07, 6.45) is 3.36. The SMILES string of the molecule is O=C1C(Cc2ccc(Cl)cc2)CCN1c1ccc(Br)nc1. The Morgan fingerprint density at radius 2 is 2.00 bits per heavy atom. The summed E-state index contributed by atoms with van der Waals surface area (Å²) in [6.45, 7) is 0.750. The molecular formula is C16H14BrClN2O. The Balaban J connectivity index is 1.71. The van der Waals surface area contributed by atoms with Crippen molar-refractivity contribution in [2.75, 3.05) is 11.4 Å². The van der Waals surface area contributed by atoms with Gasteiger partial charge in [-0.25, -0.2) is 4.98 Å². The maximum Gasteiger partial charge on any atom is 0.230 e. The Labute approximate surface area is 137 Å². The van der Waals surface area contributed by atoms with Gasteiger partial charge in [0.15, 0.2) is 0 Å². The molecule has 1 unspecified atom stereocenters. The molecule has 108 valence electrons. The van der Waals surface area contributed by atoms with Gasteiger partial charge in [0, 0.05) is 17.5 Å². The van der Waals surface area contributed by atoms with Crippen molar-refractivity contribution in [3.8, 4) is 0 Å². The number of nitrogens with zero attached hydrogens (tertiary/aromatic N) is 2. The van der Waals surface area contributed by atoms with Crippen molar-refractivity contribution < 1.29 is 4.79 Å². The van der Waals surface area contributed by atoms with Gasteiger partial charge in [0.2, 0.25) is 5.91 Å². The zero-order valence-corrected chi connectivity index (χ0v) is 13.6. The minimum atomic E-state index is 0.0369. The van der Waals surface area contributed by atoms with Crippen molar-refractivity contribution in [2.45, 2.75) is 12.8 Å². The highest BCUT2D eigenvalue weighted by molar-refractivity contribution is 9.10. The number of amides is 1. The number of benzene rings is 1. The van der Waals surface area contributed by atoms with E-state index in [1.165, 1.54) is 0 Å². The van der Waals surface area contributed by atoms with Gasteiger partial charge in [-0.05, 0) is 58.6 Å². The third kappa shape index (κ3) is 3.27. The van der Waals surface area contributed by atoms with Crippen LogP contribution in [0.5, 0.6) is 0 Å². The first-order chi connectivity index (χ1) is 10.1. The van der Waals surface area contributed by atoms with Crippen LogP contribution in [0, 0.1) is 5.92 Å². The van der Waals surface area contributed by atoms with Gasteiger partial charge < -0.3 is 4.90 Å². The number of rotatable bonds is 3. The van der Waals surface area contributed by atoms with Crippen molar-refractivity contribution in [1.82, 2.24) is 4.98 Å².